The van der Waals surface area contributed by atoms with Gasteiger partial charge in [-0.3, -0.25) is 9.78 Å². The molecule has 4 heteroatoms. The van der Waals surface area contributed by atoms with Crippen molar-refractivity contribution in [2.24, 2.45) is 0 Å². The zero-order valence-electron chi connectivity index (χ0n) is 12.8. The molecule has 0 aromatic carbocycles. The largest absolute Gasteiger partial charge is 0.378 e. The lowest BCUT2D eigenvalue weighted by molar-refractivity contribution is -0.112. The van der Waals surface area contributed by atoms with Crippen LogP contribution in [0.4, 0.5) is 4.39 Å². The van der Waals surface area contributed by atoms with E-state index in [1.165, 1.54) is 19.1 Å². The first-order valence-electron chi connectivity index (χ1n) is 7.15. The van der Waals surface area contributed by atoms with Crippen LogP contribution in [0.1, 0.15) is 44.9 Å². The molecule has 0 amide bonds. The van der Waals surface area contributed by atoms with Crippen molar-refractivity contribution in [3.8, 4) is 0 Å². The van der Waals surface area contributed by atoms with Gasteiger partial charge in [0.2, 0.25) is 0 Å². The summed E-state index contributed by atoms with van der Waals surface area (Å²) in [6, 6.07) is 1.40. The number of carbonyl (C=O) groups excluding carboxylic acids is 1. The average molecular weight is 291 g/mol. The van der Waals surface area contributed by atoms with E-state index in [1.807, 2.05) is 19.1 Å². The van der Waals surface area contributed by atoms with E-state index in [1.54, 1.807) is 6.08 Å². The number of hydrogen-bond acceptors (Lipinski definition) is 3. The van der Waals surface area contributed by atoms with Gasteiger partial charge in [-0.1, -0.05) is 19.1 Å². The fourth-order valence-electron chi connectivity index (χ4n) is 1.71. The Morgan fingerprint density at radius 1 is 1.48 bits per heavy atom. The highest BCUT2D eigenvalue weighted by Gasteiger charge is 2.02. The summed E-state index contributed by atoms with van der Waals surface area (Å²) in [5.74, 6) is -0.470. The van der Waals surface area contributed by atoms with Gasteiger partial charge in [-0.05, 0) is 44.9 Å². The summed E-state index contributed by atoms with van der Waals surface area (Å²) < 4.78 is 18.8. The SMILES string of the molecule is CCCOC(C)C/C=C\c1cc(F)cnc1/C=C\C(C)=O. The number of pyridine rings is 1. The van der Waals surface area contributed by atoms with Crippen LogP contribution < -0.4 is 0 Å². The zero-order chi connectivity index (χ0) is 15.7. The molecule has 0 fully saturated rings. The standard InChI is InChI=1S/C17H22FNO2/c1-4-10-21-14(3)6-5-7-15-11-16(18)12-19-17(15)9-8-13(2)20/h5,7-9,11-12,14H,4,6,10H2,1-3H3/b7-5-,9-8-. The highest BCUT2D eigenvalue weighted by Crippen LogP contribution is 2.13. The maximum absolute atomic E-state index is 13.3. The lowest BCUT2D eigenvalue weighted by Gasteiger charge is -2.09. The Bertz CT molecular complexity index is 524. The molecule has 0 N–H and O–H groups in total. The van der Waals surface area contributed by atoms with Crippen LogP contribution in [0.25, 0.3) is 12.2 Å². The average Bonchev–Trinajstić information content (AvgIpc) is 2.44. The predicted molar refractivity (Wildman–Crippen MR) is 83.3 cm³/mol. The third-order valence-electron chi connectivity index (χ3n) is 2.76. The van der Waals surface area contributed by atoms with E-state index >= 15 is 0 Å². The third-order valence-corrected chi connectivity index (χ3v) is 2.76. The first kappa shape index (κ1) is 17.2. The minimum Gasteiger partial charge on any atom is -0.378 e. The van der Waals surface area contributed by atoms with Gasteiger partial charge in [0.05, 0.1) is 18.0 Å². The summed E-state index contributed by atoms with van der Waals surface area (Å²) in [5.41, 5.74) is 1.22. The van der Waals surface area contributed by atoms with E-state index in [9.17, 15) is 9.18 Å². The van der Waals surface area contributed by atoms with Crippen molar-refractivity contribution in [2.75, 3.05) is 6.61 Å². The van der Waals surface area contributed by atoms with Crippen molar-refractivity contribution in [3.05, 3.63) is 41.5 Å². The number of carbonyl (C=O) groups is 1. The number of allylic oxidation sites excluding steroid dienone is 1. The van der Waals surface area contributed by atoms with Gasteiger partial charge >= 0.3 is 0 Å². The monoisotopic (exact) mass is 291 g/mol. The highest BCUT2D eigenvalue weighted by atomic mass is 19.1. The van der Waals surface area contributed by atoms with Gasteiger partial charge in [0.15, 0.2) is 5.78 Å². The van der Waals surface area contributed by atoms with E-state index in [4.69, 9.17) is 4.74 Å². The molecular weight excluding hydrogens is 269 g/mol. The molecule has 0 aliphatic heterocycles. The molecule has 0 saturated carbocycles. The second kappa shape index (κ2) is 9.19. The number of rotatable bonds is 8. The Balaban J connectivity index is 2.76. The van der Waals surface area contributed by atoms with Crippen molar-refractivity contribution in [3.63, 3.8) is 0 Å². The van der Waals surface area contributed by atoms with Gasteiger partial charge in [-0.15, -0.1) is 0 Å². The van der Waals surface area contributed by atoms with Gasteiger partial charge in [-0.2, -0.15) is 0 Å². The number of ketones is 1. The summed E-state index contributed by atoms with van der Waals surface area (Å²) in [4.78, 5) is 15.0. The lowest BCUT2D eigenvalue weighted by Crippen LogP contribution is -2.07. The first-order valence-corrected chi connectivity index (χ1v) is 7.15. The number of nitrogens with zero attached hydrogens (tertiary/aromatic N) is 1. The number of ether oxygens (including phenoxy) is 1. The first-order chi connectivity index (χ1) is 10.0. The van der Waals surface area contributed by atoms with Crippen LogP contribution in [0, 0.1) is 5.82 Å². The van der Waals surface area contributed by atoms with Crippen LogP contribution in [0.2, 0.25) is 0 Å². The summed E-state index contributed by atoms with van der Waals surface area (Å²) in [6.45, 7) is 6.26. The number of aromatic nitrogens is 1. The van der Waals surface area contributed by atoms with Gasteiger partial charge in [-0.25, -0.2) is 4.39 Å². The lowest BCUT2D eigenvalue weighted by atomic mass is 10.1. The van der Waals surface area contributed by atoms with E-state index in [0.717, 1.165) is 25.6 Å². The van der Waals surface area contributed by atoms with Crippen LogP contribution in [0.5, 0.6) is 0 Å². The Morgan fingerprint density at radius 2 is 2.24 bits per heavy atom. The molecule has 0 aliphatic carbocycles. The molecule has 3 nitrogen and oxygen atoms in total. The van der Waals surface area contributed by atoms with Gasteiger partial charge in [0.1, 0.15) is 5.82 Å². The fraction of sp³-hybridized carbons (Fsp3) is 0.412. The minimum atomic E-state index is -0.398. The van der Waals surface area contributed by atoms with Crippen LogP contribution >= 0.6 is 0 Å². The van der Waals surface area contributed by atoms with Crippen LogP contribution in [0.3, 0.4) is 0 Å². The molecule has 1 aromatic rings. The smallest absolute Gasteiger partial charge is 0.152 e. The highest BCUT2D eigenvalue weighted by molar-refractivity contribution is 5.91. The molecule has 1 atom stereocenters. The molecule has 21 heavy (non-hydrogen) atoms. The third kappa shape index (κ3) is 6.95. The molecule has 0 radical (unpaired) electrons. The quantitative estimate of drug-likeness (QED) is 0.678. The zero-order valence-corrected chi connectivity index (χ0v) is 12.8. The van der Waals surface area contributed by atoms with Gasteiger partial charge < -0.3 is 4.74 Å². The summed E-state index contributed by atoms with van der Waals surface area (Å²) in [6.07, 6.45) is 9.75. The summed E-state index contributed by atoms with van der Waals surface area (Å²) >= 11 is 0. The maximum atomic E-state index is 13.3. The molecule has 0 aliphatic rings. The fourth-order valence-corrected chi connectivity index (χ4v) is 1.71. The van der Waals surface area contributed by atoms with Crippen molar-refractivity contribution in [2.45, 2.75) is 39.7 Å². The molecule has 0 bridgehead atoms. The van der Waals surface area contributed by atoms with Crippen LogP contribution in [0.15, 0.2) is 24.4 Å². The predicted octanol–water partition coefficient (Wildman–Crippen LogP) is 4.04. The summed E-state index contributed by atoms with van der Waals surface area (Å²) in [7, 11) is 0. The van der Waals surface area contributed by atoms with Gasteiger partial charge in [0.25, 0.3) is 0 Å². The Labute approximate surface area is 125 Å². The van der Waals surface area contributed by atoms with E-state index in [2.05, 4.69) is 11.9 Å². The van der Waals surface area contributed by atoms with Crippen LogP contribution in [-0.2, 0) is 9.53 Å². The van der Waals surface area contributed by atoms with Gasteiger partial charge in [0, 0.05) is 12.2 Å². The molecule has 1 unspecified atom stereocenters. The minimum absolute atomic E-state index is 0.0716. The number of hydrogen-bond donors (Lipinski definition) is 0. The Morgan fingerprint density at radius 3 is 2.90 bits per heavy atom. The topological polar surface area (TPSA) is 39.2 Å². The van der Waals surface area contributed by atoms with Crippen molar-refractivity contribution in [1.29, 1.82) is 0 Å². The summed E-state index contributed by atoms with van der Waals surface area (Å²) in [5, 5.41) is 0. The maximum Gasteiger partial charge on any atom is 0.152 e. The molecule has 1 aromatic heterocycles. The van der Waals surface area contributed by atoms with Crippen molar-refractivity contribution < 1.29 is 13.9 Å². The number of halogens is 1. The van der Waals surface area contributed by atoms with E-state index < -0.39 is 5.82 Å². The normalized spacial score (nSPS) is 13.1. The van der Waals surface area contributed by atoms with E-state index in [-0.39, 0.29) is 11.9 Å². The molecule has 114 valence electrons. The molecule has 0 spiro atoms. The molecule has 1 heterocycles. The Kier molecular flexibility index (Phi) is 7.54. The second-order valence-corrected chi connectivity index (χ2v) is 4.89. The van der Waals surface area contributed by atoms with Crippen LogP contribution in [-0.4, -0.2) is 23.5 Å². The van der Waals surface area contributed by atoms with Crippen molar-refractivity contribution >= 4 is 17.9 Å². The molecular formula is C17H22FNO2. The second-order valence-electron chi connectivity index (χ2n) is 4.89. The van der Waals surface area contributed by atoms with E-state index in [0.29, 0.717) is 11.3 Å². The molecule has 0 saturated heterocycles. The molecule has 1 rings (SSSR count). The Hall–Kier alpha value is -1.81. The van der Waals surface area contributed by atoms with Crippen molar-refractivity contribution in [1.82, 2.24) is 4.98 Å².